The highest BCUT2D eigenvalue weighted by Gasteiger charge is 2.25. The fraction of sp³-hybridized carbons (Fsp3) is 0.320. The lowest BCUT2D eigenvalue weighted by atomic mass is 9.87. The number of nitrogens with one attached hydrogen (secondary N) is 3. The normalized spacial score (nSPS) is 18.3. The summed E-state index contributed by atoms with van der Waals surface area (Å²) in [5, 5.41) is 16.4. The molecule has 2 amide bonds. The summed E-state index contributed by atoms with van der Waals surface area (Å²) in [7, 11) is -4.76. The molecule has 1 aromatic carbocycles. The van der Waals surface area contributed by atoms with E-state index in [2.05, 4.69) is 15.1 Å². The molecule has 1 aliphatic carbocycles. The summed E-state index contributed by atoms with van der Waals surface area (Å²) >= 11 is 0. The van der Waals surface area contributed by atoms with Gasteiger partial charge in [0.1, 0.15) is 0 Å². The highest BCUT2D eigenvalue weighted by molar-refractivity contribution is 7.91. The maximum Gasteiger partial charge on any atom is 0.483 e. The van der Waals surface area contributed by atoms with Gasteiger partial charge in [-0.2, -0.15) is 5.10 Å². The van der Waals surface area contributed by atoms with Crippen molar-refractivity contribution in [3.8, 4) is 11.1 Å². The zero-order valence-electron chi connectivity index (χ0n) is 21.1. The van der Waals surface area contributed by atoms with E-state index in [1.165, 1.54) is 22.8 Å². The van der Waals surface area contributed by atoms with Gasteiger partial charge in [0.15, 0.2) is 14.9 Å². The smallest absolute Gasteiger partial charge is 0.423 e. The molecule has 1 aliphatic heterocycles. The van der Waals surface area contributed by atoms with E-state index >= 15 is 0 Å². The van der Waals surface area contributed by atoms with E-state index < -0.39 is 23.1 Å². The first kappa shape index (κ1) is 26.0. The summed E-state index contributed by atoms with van der Waals surface area (Å²) in [6.07, 6.45) is 7.63. The highest BCUT2D eigenvalue weighted by Crippen LogP contribution is 2.37. The Labute approximate surface area is 220 Å². The van der Waals surface area contributed by atoms with E-state index in [0.29, 0.717) is 5.69 Å². The molecule has 0 saturated heterocycles. The summed E-state index contributed by atoms with van der Waals surface area (Å²) in [4.78, 5) is 25.4. The zero-order chi connectivity index (χ0) is 27.0. The topological polar surface area (TPSA) is 151 Å². The van der Waals surface area contributed by atoms with Crippen LogP contribution in [0.2, 0.25) is 0 Å². The number of carbonyl (C=O) groups excluding carboxylic acids is 1. The predicted octanol–water partition coefficient (Wildman–Crippen LogP) is 3.07. The van der Waals surface area contributed by atoms with Gasteiger partial charge in [0, 0.05) is 35.6 Å². The maximum absolute atomic E-state index is 13.2. The fourth-order valence-electron chi connectivity index (χ4n) is 4.79. The quantitative estimate of drug-likeness (QED) is 0.356. The van der Waals surface area contributed by atoms with E-state index in [9.17, 15) is 18.8 Å². The summed E-state index contributed by atoms with van der Waals surface area (Å²) in [5.41, 5.74) is 4.09. The van der Waals surface area contributed by atoms with Gasteiger partial charge in [0.25, 0.3) is 5.56 Å². The van der Waals surface area contributed by atoms with Gasteiger partial charge >= 0.3 is 13.1 Å². The first-order chi connectivity index (χ1) is 18.1. The molecule has 2 aliphatic rings. The first-order valence-electron chi connectivity index (χ1n) is 12.4. The lowest BCUT2D eigenvalue weighted by Gasteiger charge is -2.19. The Kier molecular flexibility index (Phi) is 6.99. The molecule has 0 radical (unpaired) electrons. The molecule has 3 heterocycles. The van der Waals surface area contributed by atoms with Crippen molar-refractivity contribution in [2.24, 2.45) is 0 Å². The Morgan fingerprint density at radius 2 is 2.08 bits per heavy atom. The molecular formula is C25H29BN6O5S. The third-order valence-corrected chi connectivity index (χ3v) is 8.00. The molecule has 198 valence electrons. The second-order valence-electron chi connectivity index (χ2n) is 9.66. The van der Waals surface area contributed by atoms with Crippen LogP contribution in [-0.2, 0) is 27.4 Å². The Morgan fingerprint density at radius 3 is 2.82 bits per heavy atom. The summed E-state index contributed by atoms with van der Waals surface area (Å²) < 4.78 is 32.1. The van der Waals surface area contributed by atoms with Crippen LogP contribution in [-0.4, -0.2) is 43.3 Å². The summed E-state index contributed by atoms with van der Waals surface area (Å²) in [5.74, 6) is 1.47. The van der Waals surface area contributed by atoms with E-state index in [4.69, 9.17) is 9.43 Å². The van der Waals surface area contributed by atoms with Gasteiger partial charge in [-0.3, -0.25) is 9.48 Å². The van der Waals surface area contributed by atoms with Crippen molar-refractivity contribution in [2.45, 2.75) is 50.2 Å². The van der Waals surface area contributed by atoms with Gasteiger partial charge in [-0.15, -0.1) is 0 Å². The number of carbonyl (C=O) groups is 1. The summed E-state index contributed by atoms with van der Waals surface area (Å²) in [6.45, 7) is 4.01. The minimum absolute atomic E-state index is 0.0369. The molecule has 2 aromatic heterocycles. The number of hydrogen-bond donors (Lipinski definition) is 4. The fourth-order valence-corrected chi connectivity index (χ4v) is 5.67. The Morgan fingerprint density at radius 1 is 1.26 bits per heavy atom. The van der Waals surface area contributed by atoms with Crippen LogP contribution in [0.1, 0.15) is 43.5 Å². The lowest BCUT2D eigenvalue weighted by molar-refractivity contribution is 0.222. The van der Waals surface area contributed by atoms with Crippen LogP contribution in [0.15, 0.2) is 64.6 Å². The molecule has 4 N–H and O–H groups in total. The molecule has 0 fully saturated rings. The van der Waals surface area contributed by atoms with Crippen LogP contribution in [0.3, 0.4) is 0 Å². The molecule has 0 bridgehead atoms. The van der Waals surface area contributed by atoms with Crippen LogP contribution >= 0.6 is 0 Å². The third-order valence-electron chi connectivity index (χ3n) is 6.72. The van der Waals surface area contributed by atoms with Crippen LogP contribution in [0.4, 0.5) is 10.5 Å². The third kappa shape index (κ3) is 5.17. The highest BCUT2D eigenvalue weighted by atomic mass is 32.2. The molecule has 2 atom stereocenters. The average Bonchev–Trinajstić information content (AvgIpc) is 3.55. The first-order valence-corrected chi connectivity index (χ1v) is 14.0. The van der Waals surface area contributed by atoms with Crippen molar-refractivity contribution >= 4 is 28.8 Å². The van der Waals surface area contributed by atoms with Crippen LogP contribution < -0.4 is 15.6 Å². The van der Waals surface area contributed by atoms with Crippen molar-refractivity contribution in [2.75, 3.05) is 11.9 Å². The van der Waals surface area contributed by atoms with Gasteiger partial charge in [0.2, 0.25) is 0 Å². The van der Waals surface area contributed by atoms with Gasteiger partial charge in [0.05, 0.1) is 18.3 Å². The maximum atomic E-state index is 13.2. The number of fused-ring (bicyclic) bond motifs is 1. The lowest BCUT2D eigenvalue weighted by Crippen LogP contribution is -2.34. The largest absolute Gasteiger partial charge is 0.483 e. The number of aromatic nitrogens is 3. The molecular weight excluding hydrogens is 507 g/mol. The number of urea groups is 1. The van der Waals surface area contributed by atoms with Crippen molar-refractivity contribution < 1.29 is 18.7 Å². The van der Waals surface area contributed by atoms with Gasteiger partial charge in [-0.1, -0.05) is 24.2 Å². The molecule has 3 aromatic rings. The van der Waals surface area contributed by atoms with E-state index in [1.54, 1.807) is 29.1 Å². The SMILES string of the molecule is CC(C)n1cc(-c2ccc3c(c2NC(=O)NS(=N)(=O)c2ccn(C4C=CB(O)OC4)n2)CCC3)ccc1=O. The molecule has 2 unspecified atom stereocenters. The molecule has 38 heavy (non-hydrogen) atoms. The van der Waals surface area contributed by atoms with Crippen LogP contribution in [0, 0.1) is 4.78 Å². The summed E-state index contributed by atoms with van der Waals surface area (Å²) in [6, 6.07) is 7.44. The predicted molar refractivity (Wildman–Crippen MR) is 144 cm³/mol. The van der Waals surface area contributed by atoms with Crippen molar-refractivity contribution in [1.29, 1.82) is 4.78 Å². The van der Waals surface area contributed by atoms with Crippen molar-refractivity contribution in [3.05, 3.63) is 76.3 Å². The second kappa shape index (κ2) is 10.2. The number of rotatable bonds is 6. The minimum atomic E-state index is -3.78. The molecule has 13 heteroatoms. The van der Waals surface area contributed by atoms with Crippen molar-refractivity contribution in [3.63, 3.8) is 0 Å². The van der Waals surface area contributed by atoms with Gasteiger partial charge in [-0.05, 0) is 56.4 Å². The van der Waals surface area contributed by atoms with Gasteiger partial charge in [-0.25, -0.2) is 18.5 Å². The van der Waals surface area contributed by atoms with E-state index in [-0.39, 0.29) is 29.3 Å². The second-order valence-corrected chi connectivity index (χ2v) is 11.4. The number of benzene rings is 1. The van der Waals surface area contributed by atoms with Gasteiger partial charge < -0.3 is 19.6 Å². The number of pyridine rings is 1. The Hall–Kier alpha value is -3.68. The monoisotopic (exact) mass is 536 g/mol. The van der Waals surface area contributed by atoms with Crippen molar-refractivity contribution in [1.82, 2.24) is 19.1 Å². The molecule has 5 rings (SSSR count). The van der Waals surface area contributed by atoms with E-state index in [0.717, 1.165) is 41.5 Å². The average molecular weight is 536 g/mol. The molecule has 0 spiro atoms. The van der Waals surface area contributed by atoms with Crippen LogP contribution in [0.5, 0.6) is 0 Å². The zero-order valence-corrected chi connectivity index (χ0v) is 21.9. The number of aryl methyl sites for hydroxylation is 1. The number of anilines is 1. The molecule has 0 saturated carbocycles. The minimum Gasteiger partial charge on any atom is -0.423 e. The number of nitrogens with zero attached hydrogens (tertiary/aromatic N) is 3. The van der Waals surface area contributed by atoms with E-state index in [1.807, 2.05) is 26.0 Å². The Bertz CT molecular complexity index is 1580. The number of amides is 2. The standard InChI is InChI=1S/C25H29BN6O5S/c1-16(2)31-14-18(7-9-23(31)33)21-8-6-17-4-3-5-20(17)24(21)28-25(34)30-38(27,36)22-11-13-32(29-22)19-10-12-26(35)37-15-19/h6-14,16,19,35H,3-5,15H2,1-2H3,(H3,27,28,30,34,36). The Balaban J connectivity index is 1.41. The molecule has 11 nitrogen and oxygen atoms in total. The number of hydrogen-bond acceptors (Lipinski definition) is 7. The van der Waals surface area contributed by atoms with Crippen LogP contribution in [0.25, 0.3) is 11.1 Å².